The van der Waals surface area contributed by atoms with Gasteiger partial charge in [-0.15, -0.1) is 5.10 Å². The largest absolute Gasteiger partial charge is 0.477 e. The molecular formula is C24H31N7O4S. The van der Waals surface area contributed by atoms with E-state index in [0.29, 0.717) is 36.6 Å². The van der Waals surface area contributed by atoms with Crippen LogP contribution in [0.3, 0.4) is 0 Å². The Morgan fingerprint density at radius 2 is 2.06 bits per heavy atom. The van der Waals surface area contributed by atoms with Crippen LogP contribution in [0.5, 0.6) is 5.88 Å². The van der Waals surface area contributed by atoms with Gasteiger partial charge in [0, 0.05) is 30.0 Å². The third kappa shape index (κ3) is 4.60. The summed E-state index contributed by atoms with van der Waals surface area (Å²) in [5.41, 5.74) is 6.39. The number of nitrogens with one attached hydrogen (secondary N) is 1. The molecule has 1 amide bonds. The first-order valence-electron chi connectivity index (χ1n) is 11.7. The smallest absolute Gasteiger partial charge is 0.268 e. The maximum atomic E-state index is 13.3. The lowest BCUT2D eigenvalue weighted by molar-refractivity contribution is 0.0981. The number of amides is 1. The van der Waals surface area contributed by atoms with Gasteiger partial charge in [-0.3, -0.25) is 4.79 Å². The number of nitrogen functional groups attached to an aromatic ring is 1. The molecule has 0 spiro atoms. The number of nitrogens with zero attached hydrogens (tertiary/aromatic N) is 5. The summed E-state index contributed by atoms with van der Waals surface area (Å²) in [6.45, 7) is 11.2. The predicted octanol–water partition coefficient (Wildman–Crippen LogP) is 2.70. The van der Waals surface area contributed by atoms with Gasteiger partial charge in [-0.1, -0.05) is 6.92 Å². The van der Waals surface area contributed by atoms with Gasteiger partial charge in [-0.05, 0) is 64.3 Å². The number of carbonyl (C=O) groups excluding carboxylic acids is 1. The molecule has 1 unspecified atom stereocenters. The number of carbonyl (C=O) groups is 1. The quantitative estimate of drug-likeness (QED) is 0.487. The van der Waals surface area contributed by atoms with Crippen molar-refractivity contribution in [1.82, 2.24) is 24.5 Å². The number of aromatic nitrogens is 4. The van der Waals surface area contributed by atoms with Crippen molar-refractivity contribution in [2.45, 2.75) is 51.5 Å². The van der Waals surface area contributed by atoms with Gasteiger partial charge in [0.05, 0.1) is 12.2 Å². The first-order chi connectivity index (χ1) is 17.0. The fraction of sp³-hybridized carbons (Fsp3) is 0.417. The van der Waals surface area contributed by atoms with Gasteiger partial charge >= 0.3 is 0 Å². The number of hydrogen-bond acceptors (Lipinski definition) is 9. The maximum Gasteiger partial charge on any atom is 0.268 e. The topological polar surface area (TPSA) is 145 Å². The van der Waals surface area contributed by atoms with Gasteiger partial charge in [0.1, 0.15) is 16.5 Å². The highest BCUT2D eigenvalue weighted by atomic mass is 32.2. The van der Waals surface area contributed by atoms with E-state index in [1.54, 1.807) is 23.0 Å². The first kappa shape index (κ1) is 25.4. The van der Waals surface area contributed by atoms with E-state index in [-0.39, 0.29) is 21.8 Å². The Hall–Kier alpha value is -3.67. The van der Waals surface area contributed by atoms with Crippen LogP contribution in [0.25, 0.3) is 5.82 Å². The summed E-state index contributed by atoms with van der Waals surface area (Å²) in [6, 6.07) is 5.92. The van der Waals surface area contributed by atoms with Gasteiger partial charge in [-0.2, -0.15) is 0 Å². The second kappa shape index (κ2) is 9.41. The van der Waals surface area contributed by atoms with Crippen molar-refractivity contribution in [1.29, 1.82) is 0 Å². The molecule has 0 aliphatic carbocycles. The van der Waals surface area contributed by atoms with Crippen LogP contribution in [0.15, 0.2) is 41.6 Å². The second-order valence-electron chi connectivity index (χ2n) is 9.35. The van der Waals surface area contributed by atoms with Crippen molar-refractivity contribution in [3.63, 3.8) is 0 Å². The number of rotatable bonds is 7. The van der Waals surface area contributed by atoms with Crippen LogP contribution in [-0.4, -0.2) is 52.8 Å². The highest BCUT2D eigenvalue weighted by Crippen LogP contribution is 2.39. The molecule has 1 atom stereocenters. The summed E-state index contributed by atoms with van der Waals surface area (Å²) >= 11 is 0. The Balaban J connectivity index is 1.77. The Bertz CT molecular complexity index is 1400. The number of sulfonamides is 1. The van der Waals surface area contributed by atoms with E-state index < -0.39 is 15.9 Å². The van der Waals surface area contributed by atoms with Gasteiger partial charge in [0.25, 0.3) is 15.9 Å². The van der Waals surface area contributed by atoms with Crippen molar-refractivity contribution >= 4 is 27.6 Å². The molecule has 3 aromatic rings. The molecule has 11 nitrogen and oxygen atoms in total. The fourth-order valence-electron chi connectivity index (χ4n) is 4.26. The number of ether oxygens (including phenoxy) is 1. The molecular weight excluding hydrogens is 482 g/mol. The van der Waals surface area contributed by atoms with E-state index in [1.165, 1.54) is 18.3 Å². The van der Waals surface area contributed by atoms with Crippen LogP contribution in [-0.2, 0) is 10.0 Å². The third-order valence-electron chi connectivity index (χ3n) is 6.73. The number of pyridine rings is 2. The Labute approximate surface area is 210 Å². The maximum absolute atomic E-state index is 13.3. The van der Waals surface area contributed by atoms with Gasteiger partial charge in [-0.25, -0.2) is 27.8 Å². The van der Waals surface area contributed by atoms with Crippen LogP contribution in [0.4, 0.5) is 11.6 Å². The molecule has 1 aliphatic rings. The molecule has 0 saturated carbocycles. The summed E-state index contributed by atoms with van der Waals surface area (Å²) in [6.07, 6.45) is 4.07. The molecule has 3 aromatic heterocycles. The van der Waals surface area contributed by atoms with Crippen molar-refractivity contribution in [3.05, 3.63) is 47.8 Å². The minimum atomic E-state index is -4.26. The molecule has 192 valence electrons. The van der Waals surface area contributed by atoms with Crippen LogP contribution < -0.4 is 20.1 Å². The van der Waals surface area contributed by atoms with E-state index in [9.17, 15) is 13.2 Å². The highest BCUT2D eigenvalue weighted by Gasteiger charge is 2.41. The predicted molar refractivity (Wildman–Crippen MR) is 136 cm³/mol. The van der Waals surface area contributed by atoms with Gasteiger partial charge in [0.15, 0.2) is 5.82 Å². The second-order valence-corrected chi connectivity index (χ2v) is 11.0. The Morgan fingerprint density at radius 1 is 1.31 bits per heavy atom. The third-order valence-corrected chi connectivity index (χ3v) is 8.11. The zero-order valence-corrected chi connectivity index (χ0v) is 21.8. The van der Waals surface area contributed by atoms with Crippen molar-refractivity contribution in [3.8, 4) is 11.7 Å². The lowest BCUT2D eigenvalue weighted by Crippen LogP contribution is -2.44. The SMILES string of the molecule is CCOc1nn(-c2ccc(C(=O)NS(=O)(=O)c3cccnc3N)c(N3CCC(C)C3(C)C)n2)cc1C. The number of nitrogens with two attached hydrogens (primary N) is 1. The van der Waals surface area contributed by atoms with Gasteiger partial charge < -0.3 is 15.4 Å². The molecule has 0 aromatic carbocycles. The van der Waals surface area contributed by atoms with Gasteiger partial charge in [0.2, 0.25) is 5.88 Å². The average Bonchev–Trinajstić information content (AvgIpc) is 3.31. The normalized spacial score (nSPS) is 17.2. The zero-order valence-electron chi connectivity index (χ0n) is 21.0. The molecule has 1 aliphatic heterocycles. The molecule has 36 heavy (non-hydrogen) atoms. The Morgan fingerprint density at radius 3 is 2.69 bits per heavy atom. The van der Waals surface area contributed by atoms with E-state index in [1.807, 2.05) is 18.7 Å². The summed E-state index contributed by atoms with van der Waals surface area (Å²) in [4.78, 5) is 23.7. The van der Waals surface area contributed by atoms with E-state index in [0.717, 1.165) is 12.0 Å². The number of aryl methyl sites for hydroxylation is 1. The van der Waals surface area contributed by atoms with E-state index >= 15 is 0 Å². The van der Waals surface area contributed by atoms with E-state index in [4.69, 9.17) is 15.5 Å². The number of anilines is 2. The minimum Gasteiger partial charge on any atom is -0.477 e. The zero-order chi connectivity index (χ0) is 26.3. The van der Waals surface area contributed by atoms with Crippen LogP contribution in [0, 0.1) is 12.8 Å². The molecule has 4 heterocycles. The Kier molecular flexibility index (Phi) is 6.65. The summed E-state index contributed by atoms with van der Waals surface area (Å²) in [7, 11) is -4.26. The minimum absolute atomic E-state index is 0.126. The van der Waals surface area contributed by atoms with Crippen LogP contribution in [0.1, 0.15) is 50.0 Å². The van der Waals surface area contributed by atoms with Crippen molar-refractivity contribution < 1.29 is 17.9 Å². The molecule has 1 saturated heterocycles. The first-order valence-corrected chi connectivity index (χ1v) is 13.2. The van der Waals surface area contributed by atoms with Crippen LogP contribution in [0.2, 0.25) is 0 Å². The molecule has 3 N–H and O–H groups in total. The van der Waals surface area contributed by atoms with Crippen LogP contribution >= 0.6 is 0 Å². The molecule has 12 heteroatoms. The van der Waals surface area contributed by atoms with Crippen molar-refractivity contribution in [2.75, 3.05) is 23.8 Å². The highest BCUT2D eigenvalue weighted by molar-refractivity contribution is 7.90. The monoisotopic (exact) mass is 513 g/mol. The molecule has 0 radical (unpaired) electrons. The van der Waals surface area contributed by atoms with Crippen molar-refractivity contribution in [2.24, 2.45) is 5.92 Å². The summed E-state index contributed by atoms with van der Waals surface area (Å²) in [5.74, 6) is 0.673. The molecule has 1 fully saturated rings. The lowest BCUT2D eigenvalue weighted by Gasteiger charge is -2.36. The standard InChI is InChI=1S/C24H31N7O4S/c1-6-35-23-15(2)14-31(28-23)19-10-9-17(21(27-19)30-13-11-16(3)24(30,4)5)22(32)29-36(33,34)18-8-7-12-26-20(18)25/h7-10,12,14,16H,6,11,13H2,1-5H3,(H2,25,26)(H,29,32). The fourth-order valence-corrected chi connectivity index (χ4v) is 5.31. The van der Waals surface area contributed by atoms with E-state index in [2.05, 4.69) is 35.6 Å². The molecule has 4 rings (SSSR count). The summed E-state index contributed by atoms with van der Waals surface area (Å²) < 4.78 is 35.1. The molecule has 0 bridgehead atoms. The average molecular weight is 514 g/mol. The lowest BCUT2D eigenvalue weighted by atomic mass is 9.90. The summed E-state index contributed by atoms with van der Waals surface area (Å²) in [5, 5.41) is 4.47. The number of hydrogen-bond donors (Lipinski definition) is 2.